The molecule has 24 heavy (non-hydrogen) atoms. The van der Waals surface area contributed by atoms with Crippen LogP contribution in [0.4, 0.5) is 10.1 Å². The minimum absolute atomic E-state index is 0.175. The van der Waals surface area contributed by atoms with Gasteiger partial charge >= 0.3 is 0 Å². The van der Waals surface area contributed by atoms with Crippen LogP contribution in [0.3, 0.4) is 0 Å². The van der Waals surface area contributed by atoms with E-state index < -0.39 is 5.82 Å². The average molecular weight is 328 g/mol. The van der Waals surface area contributed by atoms with Crippen LogP contribution < -0.4 is 10.3 Å². The van der Waals surface area contributed by atoms with Crippen molar-refractivity contribution in [3.63, 3.8) is 0 Å². The van der Waals surface area contributed by atoms with Gasteiger partial charge in [-0.05, 0) is 41.4 Å². The van der Waals surface area contributed by atoms with E-state index in [-0.39, 0.29) is 24.2 Å². The van der Waals surface area contributed by atoms with Crippen LogP contribution in [-0.2, 0) is 13.0 Å². The van der Waals surface area contributed by atoms with Gasteiger partial charge in [0.25, 0.3) is 5.56 Å². The summed E-state index contributed by atoms with van der Waals surface area (Å²) < 4.78 is 20.1. The zero-order valence-electron chi connectivity index (χ0n) is 12.8. The third-order valence-corrected chi connectivity index (χ3v) is 3.67. The second-order valence-electron chi connectivity index (χ2n) is 5.12. The summed E-state index contributed by atoms with van der Waals surface area (Å²) in [5.41, 5.74) is 0.565. The number of hydrogen-bond acceptors (Lipinski definition) is 6. The van der Waals surface area contributed by atoms with Crippen LogP contribution >= 0.6 is 0 Å². The molecule has 0 atom stereocenters. The average Bonchev–Trinajstić information content (AvgIpc) is 2.61. The van der Waals surface area contributed by atoms with Crippen molar-refractivity contribution in [2.45, 2.75) is 13.0 Å². The minimum atomic E-state index is -0.405. The minimum Gasteiger partial charge on any atom is -0.497 e. The molecule has 8 heteroatoms. The Morgan fingerprint density at radius 1 is 1.25 bits per heavy atom. The van der Waals surface area contributed by atoms with Gasteiger partial charge in [-0.25, -0.2) is 9.07 Å². The number of nitroso groups, excluding NO2 is 1. The van der Waals surface area contributed by atoms with Crippen LogP contribution in [0.15, 0.2) is 46.4 Å². The highest BCUT2D eigenvalue weighted by Gasteiger charge is 2.09. The van der Waals surface area contributed by atoms with E-state index >= 15 is 0 Å². The molecule has 0 spiro atoms. The summed E-state index contributed by atoms with van der Waals surface area (Å²) in [5.74, 6) is 0.0244. The molecule has 1 heterocycles. The number of hydrogen-bond donors (Lipinski definition) is 0. The number of halogens is 1. The number of rotatable bonds is 5. The van der Waals surface area contributed by atoms with Gasteiger partial charge in [-0.1, -0.05) is 11.3 Å². The van der Waals surface area contributed by atoms with Crippen molar-refractivity contribution in [3.05, 3.63) is 63.0 Å². The summed E-state index contributed by atoms with van der Waals surface area (Å²) in [6, 6.07) is 8.86. The number of aromatic nitrogens is 3. The van der Waals surface area contributed by atoms with Gasteiger partial charge in [0.05, 0.1) is 19.0 Å². The number of aryl methyl sites for hydroxylation is 2. The monoisotopic (exact) mass is 328 g/mol. The van der Waals surface area contributed by atoms with E-state index in [1.807, 2.05) is 0 Å². The Labute approximate surface area is 135 Å². The summed E-state index contributed by atoms with van der Waals surface area (Å²) in [6.07, 6.45) is 0.282. The second-order valence-corrected chi connectivity index (χ2v) is 5.12. The Morgan fingerprint density at radius 3 is 2.79 bits per heavy atom. The molecule has 0 fully saturated rings. The molecular formula is C16H13FN4O3. The first kappa shape index (κ1) is 15.7. The van der Waals surface area contributed by atoms with E-state index in [1.54, 1.807) is 12.1 Å². The smallest absolute Gasteiger partial charge is 0.277 e. The van der Waals surface area contributed by atoms with Crippen LogP contribution in [0.2, 0.25) is 0 Å². The number of benzene rings is 2. The zero-order valence-corrected chi connectivity index (χ0v) is 12.8. The molecule has 0 unspecified atom stereocenters. The summed E-state index contributed by atoms with van der Waals surface area (Å²) in [5, 5.41) is 10.9. The largest absolute Gasteiger partial charge is 0.497 e. The van der Waals surface area contributed by atoms with Crippen molar-refractivity contribution < 1.29 is 9.13 Å². The van der Waals surface area contributed by atoms with Gasteiger partial charge < -0.3 is 4.74 Å². The first-order valence-corrected chi connectivity index (χ1v) is 7.15. The molecule has 7 nitrogen and oxygen atoms in total. The Kier molecular flexibility index (Phi) is 4.28. The predicted octanol–water partition coefficient (Wildman–Crippen LogP) is 2.58. The molecule has 0 bridgehead atoms. The Balaban J connectivity index is 1.87. The molecule has 3 rings (SSSR count). The normalized spacial score (nSPS) is 10.8. The lowest BCUT2D eigenvalue weighted by Gasteiger charge is -2.07. The molecule has 0 aliphatic heterocycles. The summed E-state index contributed by atoms with van der Waals surface area (Å²) >= 11 is 0. The summed E-state index contributed by atoms with van der Waals surface area (Å²) in [7, 11) is 1.46. The van der Waals surface area contributed by atoms with Gasteiger partial charge in [-0.15, -0.1) is 10.0 Å². The van der Waals surface area contributed by atoms with Crippen LogP contribution in [0.1, 0.15) is 5.56 Å². The molecular weight excluding hydrogens is 315 g/mol. The standard InChI is InChI=1S/C16H13FN4O3/c1-24-12-4-2-10(14(17)9-12)6-7-21-16(22)13-5-3-11(19-23)8-15(13)18-20-21/h2-5,8-9H,6-7H2,1H3. The SMILES string of the molecule is COc1ccc(CCn2nnc3cc(N=O)ccc3c2=O)c(F)c1. The molecule has 0 saturated heterocycles. The van der Waals surface area contributed by atoms with Crippen LogP contribution in [0.25, 0.3) is 10.9 Å². The first-order valence-electron chi connectivity index (χ1n) is 7.15. The van der Waals surface area contributed by atoms with Crippen molar-refractivity contribution in [2.75, 3.05) is 7.11 Å². The van der Waals surface area contributed by atoms with Crippen molar-refractivity contribution in [1.82, 2.24) is 15.0 Å². The lowest BCUT2D eigenvalue weighted by atomic mass is 10.1. The topological polar surface area (TPSA) is 86.4 Å². The maximum absolute atomic E-state index is 13.9. The van der Waals surface area contributed by atoms with E-state index in [0.29, 0.717) is 22.2 Å². The number of ether oxygens (including phenoxy) is 1. The maximum Gasteiger partial charge on any atom is 0.277 e. The third-order valence-electron chi connectivity index (χ3n) is 3.67. The van der Waals surface area contributed by atoms with Gasteiger partial charge in [0.2, 0.25) is 0 Å². The highest BCUT2D eigenvalue weighted by molar-refractivity contribution is 5.79. The van der Waals surface area contributed by atoms with E-state index in [2.05, 4.69) is 15.5 Å². The second kappa shape index (κ2) is 6.53. The van der Waals surface area contributed by atoms with Crippen molar-refractivity contribution >= 4 is 16.6 Å². The predicted molar refractivity (Wildman–Crippen MR) is 85.9 cm³/mol. The first-order chi connectivity index (χ1) is 11.6. The molecule has 2 aromatic carbocycles. The highest BCUT2D eigenvalue weighted by atomic mass is 19.1. The molecule has 1 aromatic heterocycles. The molecule has 3 aromatic rings. The fourth-order valence-electron chi connectivity index (χ4n) is 2.35. The van der Waals surface area contributed by atoms with Gasteiger partial charge in [-0.3, -0.25) is 4.79 Å². The zero-order chi connectivity index (χ0) is 17.1. The lowest BCUT2D eigenvalue weighted by molar-refractivity contribution is 0.410. The number of nitrogens with zero attached hydrogens (tertiary/aromatic N) is 4. The number of fused-ring (bicyclic) bond motifs is 1. The van der Waals surface area contributed by atoms with Crippen LogP contribution in [0.5, 0.6) is 5.75 Å². The van der Waals surface area contributed by atoms with Crippen molar-refractivity contribution in [1.29, 1.82) is 0 Å². The molecule has 0 N–H and O–H groups in total. The quantitative estimate of drug-likeness (QED) is 0.672. The Hall–Kier alpha value is -3.16. The van der Waals surface area contributed by atoms with Gasteiger partial charge in [-0.2, -0.15) is 0 Å². The fraction of sp³-hybridized carbons (Fsp3) is 0.188. The molecule has 0 aliphatic rings. The van der Waals surface area contributed by atoms with Gasteiger partial charge in [0.1, 0.15) is 22.8 Å². The third kappa shape index (κ3) is 2.98. The lowest BCUT2D eigenvalue weighted by Crippen LogP contribution is -2.25. The Bertz CT molecular complexity index is 971. The van der Waals surface area contributed by atoms with E-state index in [4.69, 9.17) is 4.74 Å². The van der Waals surface area contributed by atoms with Crippen molar-refractivity contribution in [2.24, 2.45) is 5.18 Å². The summed E-state index contributed by atoms with van der Waals surface area (Å²) in [6.45, 7) is 0.179. The van der Waals surface area contributed by atoms with Crippen molar-refractivity contribution in [3.8, 4) is 5.75 Å². The molecule has 0 radical (unpaired) electrons. The fourth-order valence-corrected chi connectivity index (χ4v) is 2.35. The highest BCUT2D eigenvalue weighted by Crippen LogP contribution is 2.18. The van der Waals surface area contributed by atoms with E-state index in [1.165, 1.54) is 36.1 Å². The Morgan fingerprint density at radius 2 is 2.08 bits per heavy atom. The molecule has 0 aliphatic carbocycles. The molecule has 0 amide bonds. The molecule has 122 valence electrons. The van der Waals surface area contributed by atoms with Crippen LogP contribution in [-0.4, -0.2) is 22.1 Å². The van der Waals surface area contributed by atoms with Gasteiger partial charge in [0, 0.05) is 6.07 Å². The van der Waals surface area contributed by atoms with Gasteiger partial charge in [0.15, 0.2) is 0 Å². The van der Waals surface area contributed by atoms with Crippen LogP contribution in [0, 0.1) is 10.7 Å². The van der Waals surface area contributed by atoms with E-state index in [9.17, 15) is 14.1 Å². The summed E-state index contributed by atoms with van der Waals surface area (Å²) in [4.78, 5) is 22.9. The molecule has 0 saturated carbocycles. The van der Waals surface area contributed by atoms with E-state index in [0.717, 1.165) is 0 Å². The maximum atomic E-state index is 13.9. The number of methoxy groups -OCH3 is 1.